The molecule has 2 rings (SSSR count). The molecule has 94 valence electrons. The minimum atomic E-state index is -3.68. The van der Waals surface area contributed by atoms with Crippen molar-refractivity contribution in [1.82, 2.24) is 9.29 Å². The highest BCUT2D eigenvalue weighted by molar-refractivity contribution is 7.99. The van der Waals surface area contributed by atoms with E-state index in [0.29, 0.717) is 0 Å². The summed E-state index contributed by atoms with van der Waals surface area (Å²) in [5.74, 6) is 1.76. The third-order valence-corrected chi connectivity index (χ3v) is 5.94. The predicted octanol–water partition coefficient (Wildman–Crippen LogP) is 0.501. The zero-order chi connectivity index (χ0) is 12.5. The second-order valence-electron chi connectivity index (χ2n) is 3.91. The van der Waals surface area contributed by atoms with Gasteiger partial charge in [-0.05, 0) is 12.2 Å². The van der Waals surface area contributed by atoms with Gasteiger partial charge in [0.15, 0.2) is 0 Å². The lowest BCUT2D eigenvalue weighted by atomic mass is 10.3. The van der Waals surface area contributed by atoms with E-state index in [1.54, 1.807) is 18.8 Å². The average Bonchev–Trinajstić information content (AvgIpc) is 2.81. The summed E-state index contributed by atoms with van der Waals surface area (Å²) in [5.41, 5.74) is -0.471. The van der Waals surface area contributed by atoms with Crippen LogP contribution in [0.2, 0.25) is 0 Å². The summed E-state index contributed by atoms with van der Waals surface area (Å²) >= 11 is 1.73. The number of aromatic amines is 1. The van der Waals surface area contributed by atoms with Crippen LogP contribution in [0.15, 0.2) is 28.2 Å². The number of nitrogens with one attached hydrogen (secondary N) is 1. The lowest BCUT2D eigenvalue weighted by molar-refractivity contribution is 0.394. The molecular weight excluding hydrogens is 260 g/mol. The average molecular weight is 274 g/mol. The third kappa shape index (κ3) is 2.41. The van der Waals surface area contributed by atoms with Crippen LogP contribution in [0, 0.1) is 0 Å². The van der Waals surface area contributed by atoms with Gasteiger partial charge in [-0.25, -0.2) is 8.42 Å². The summed E-state index contributed by atoms with van der Waals surface area (Å²) in [6.07, 6.45) is 3.51. The van der Waals surface area contributed by atoms with Crippen LogP contribution in [0.4, 0.5) is 0 Å². The van der Waals surface area contributed by atoms with E-state index in [9.17, 15) is 13.2 Å². The first-order valence-electron chi connectivity index (χ1n) is 5.26. The number of hydrogen-bond acceptors (Lipinski definition) is 4. The molecule has 1 unspecified atom stereocenters. The fourth-order valence-corrected chi connectivity index (χ4v) is 4.55. The Labute approximate surface area is 104 Å². The van der Waals surface area contributed by atoms with Gasteiger partial charge in [0.25, 0.3) is 0 Å². The van der Waals surface area contributed by atoms with E-state index in [1.807, 2.05) is 0 Å². The zero-order valence-electron chi connectivity index (χ0n) is 9.42. The van der Waals surface area contributed by atoms with Gasteiger partial charge in [0.1, 0.15) is 4.90 Å². The van der Waals surface area contributed by atoms with E-state index in [0.717, 1.165) is 17.9 Å². The van der Waals surface area contributed by atoms with Crippen molar-refractivity contribution in [3.8, 4) is 0 Å². The summed E-state index contributed by atoms with van der Waals surface area (Å²) in [7, 11) is -2.14. The van der Waals surface area contributed by atoms with Gasteiger partial charge in [0, 0.05) is 37.3 Å². The molecule has 0 spiro atoms. The smallest absolute Gasteiger partial charge is 0.248 e. The molecule has 1 aliphatic rings. The molecular formula is C10H14N2O3S2. The largest absolute Gasteiger partial charge is 0.366 e. The molecule has 2 heterocycles. The van der Waals surface area contributed by atoms with Crippen molar-refractivity contribution in [1.29, 1.82) is 0 Å². The van der Waals surface area contributed by atoms with E-state index in [2.05, 4.69) is 4.98 Å². The van der Waals surface area contributed by atoms with Crippen LogP contribution in [0.1, 0.15) is 6.42 Å². The number of hydrogen-bond donors (Lipinski definition) is 1. The first kappa shape index (κ1) is 12.7. The molecule has 0 bridgehead atoms. The maximum Gasteiger partial charge on any atom is 0.248 e. The lowest BCUT2D eigenvalue weighted by Crippen LogP contribution is -2.38. The highest BCUT2D eigenvalue weighted by Crippen LogP contribution is 2.24. The zero-order valence-corrected chi connectivity index (χ0v) is 11.1. The molecule has 1 N–H and O–H groups in total. The van der Waals surface area contributed by atoms with E-state index in [4.69, 9.17) is 0 Å². The van der Waals surface area contributed by atoms with Gasteiger partial charge >= 0.3 is 0 Å². The molecule has 0 radical (unpaired) electrons. The van der Waals surface area contributed by atoms with Crippen molar-refractivity contribution in [2.24, 2.45) is 0 Å². The molecule has 0 aliphatic carbocycles. The molecule has 0 aromatic carbocycles. The third-order valence-electron chi connectivity index (χ3n) is 2.87. The van der Waals surface area contributed by atoms with Crippen molar-refractivity contribution in [2.45, 2.75) is 17.4 Å². The summed E-state index contributed by atoms with van der Waals surface area (Å²) in [4.78, 5) is 14.0. The minimum absolute atomic E-state index is 0.00962. The quantitative estimate of drug-likeness (QED) is 0.871. The van der Waals surface area contributed by atoms with Gasteiger partial charge < -0.3 is 4.98 Å². The molecule has 1 atom stereocenters. The monoisotopic (exact) mass is 274 g/mol. The number of sulfonamides is 1. The van der Waals surface area contributed by atoms with E-state index in [1.165, 1.54) is 22.8 Å². The minimum Gasteiger partial charge on any atom is -0.366 e. The second-order valence-corrected chi connectivity index (χ2v) is 7.03. The molecule has 1 aromatic rings. The van der Waals surface area contributed by atoms with Crippen LogP contribution < -0.4 is 5.43 Å². The van der Waals surface area contributed by atoms with E-state index >= 15 is 0 Å². The summed E-state index contributed by atoms with van der Waals surface area (Å²) in [6.45, 7) is 0. The van der Waals surface area contributed by atoms with Gasteiger partial charge in [-0.1, -0.05) is 0 Å². The van der Waals surface area contributed by atoms with E-state index < -0.39 is 15.5 Å². The molecule has 17 heavy (non-hydrogen) atoms. The fourth-order valence-electron chi connectivity index (χ4n) is 1.76. The van der Waals surface area contributed by atoms with Crippen molar-refractivity contribution in [3.05, 3.63) is 28.7 Å². The molecule has 1 saturated heterocycles. The Balaban J connectivity index is 2.36. The summed E-state index contributed by atoms with van der Waals surface area (Å²) < 4.78 is 25.8. The normalized spacial score (nSPS) is 20.9. The van der Waals surface area contributed by atoms with Crippen LogP contribution in [-0.2, 0) is 10.0 Å². The first-order chi connectivity index (χ1) is 8.03. The van der Waals surface area contributed by atoms with Crippen LogP contribution in [0.5, 0.6) is 0 Å². The first-order valence-corrected chi connectivity index (χ1v) is 7.86. The van der Waals surface area contributed by atoms with Gasteiger partial charge in [0.05, 0.1) is 0 Å². The Morgan fingerprint density at radius 3 is 2.88 bits per heavy atom. The van der Waals surface area contributed by atoms with Crippen LogP contribution >= 0.6 is 11.8 Å². The summed E-state index contributed by atoms with van der Waals surface area (Å²) in [5, 5.41) is 0. The Morgan fingerprint density at radius 1 is 1.53 bits per heavy atom. The van der Waals surface area contributed by atoms with Crippen molar-refractivity contribution in [3.63, 3.8) is 0 Å². The molecule has 1 aliphatic heterocycles. The number of nitrogens with zero attached hydrogens (tertiary/aromatic N) is 1. The van der Waals surface area contributed by atoms with Crippen molar-refractivity contribution in [2.75, 3.05) is 18.6 Å². The Kier molecular flexibility index (Phi) is 3.60. The molecule has 0 saturated carbocycles. The van der Waals surface area contributed by atoms with Gasteiger partial charge in [-0.3, -0.25) is 4.79 Å². The number of pyridine rings is 1. The summed E-state index contributed by atoms with van der Waals surface area (Å²) in [6, 6.07) is 1.22. The topological polar surface area (TPSA) is 70.2 Å². The maximum absolute atomic E-state index is 12.2. The number of rotatable bonds is 3. The highest BCUT2D eigenvalue weighted by atomic mass is 32.2. The van der Waals surface area contributed by atoms with Gasteiger partial charge in [-0.15, -0.1) is 0 Å². The predicted molar refractivity (Wildman–Crippen MR) is 67.7 cm³/mol. The standard InChI is InChI=1S/C10H14N2O3S2/c1-12(8-3-5-16-7-8)17(14,15)10-6-11-4-2-9(10)13/h2,4,6,8H,3,5,7H2,1H3,(H,11,13). The fraction of sp³-hybridized carbons (Fsp3) is 0.500. The van der Waals surface area contributed by atoms with Crippen molar-refractivity contribution >= 4 is 21.8 Å². The van der Waals surface area contributed by atoms with Crippen LogP contribution in [0.25, 0.3) is 0 Å². The molecule has 0 amide bonds. The Morgan fingerprint density at radius 2 is 2.29 bits per heavy atom. The van der Waals surface area contributed by atoms with E-state index in [-0.39, 0.29) is 10.9 Å². The second kappa shape index (κ2) is 4.83. The Bertz CT molecular complexity index is 547. The Hall–Kier alpha value is -0.790. The van der Waals surface area contributed by atoms with Gasteiger partial charge in [-0.2, -0.15) is 16.1 Å². The molecule has 5 nitrogen and oxygen atoms in total. The van der Waals surface area contributed by atoms with Crippen molar-refractivity contribution < 1.29 is 8.42 Å². The SMILES string of the molecule is CN(C1CCSC1)S(=O)(=O)c1c[nH]ccc1=O. The molecule has 1 aromatic heterocycles. The maximum atomic E-state index is 12.2. The molecule has 7 heteroatoms. The van der Waals surface area contributed by atoms with Crippen LogP contribution in [0.3, 0.4) is 0 Å². The lowest BCUT2D eigenvalue weighted by Gasteiger charge is -2.22. The molecule has 1 fully saturated rings. The highest BCUT2D eigenvalue weighted by Gasteiger charge is 2.31. The number of aromatic nitrogens is 1. The van der Waals surface area contributed by atoms with Gasteiger partial charge in [0.2, 0.25) is 15.5 Å². The number of H-pyrrole nitrogens is 1. The number of thioether (sulfide) groups is 1. The van der Waals surface area contributed by atoms with Crippen LogP contribution in [-0.4, -0.2) is 42.3 Å².